The summed E-state index contributed by atoms with van der Waals surface area (Å²) in [6, 6.07) is 9.76. The van der Waals surface area contributed by atoms with E-state index >= 15 is 0 Å². The van der Waals surface area contributed by atoms with Crippen LogP contribution in [0.4, 0.5) is 0 Å². The SMILES string of the molecule is CCCSC1=C[C@H](O)[C@@H]2OC(c3ccccc3)OC[C@H]2O1. The molecule has 4 atom stereocenters. The Morgan fingerprint density at radius 3 is 2.86 bits per heavy atom. The Kier molecular flexibility index (Phi) is 4.85. The van der Waals surface area contributed by atoms with Crippen LogP contribution in [0.25, 0.3) is 0 Å². The van der Waals surface area contributed by atoms with Gasteiger partial charge in [-0.15, -0.1) is 0 Å². The molecule has 0 spiro atoms. The van der Waals surface area contributed by atoms with Crippen LogP contribution in [-0.4, -0.2) is 35.8 Å². The highest BCUT2D eigenvalue weighted by atomic mass is 32.2. The van der Waals surface area contributed by atoms with Crippen LogP contribution in [0, 0.1) is 0 Å². The summed E-state index contributed by atoms with van der Waals surface area (Å²) in [7, 11) is 0. The van der Waals surface area contributed by atoms with Gasteiger partial charge in [-0.25, -0.2) is 0 Å². The van der Waals surface area contributed by atoms with Gasteiger partial charge in [0.2, 0.25) is 0 Å². The van der Waals surface area contributed by atoms with Crippen LogP contribution in [0.15, 0.2) is 41.5 Å². The lowest BCUT2D eigenvalue weighted by atomic mass is 10.0. The molecule has 1 aromatic rings. The highest BCUT2D eigenvalue weighted by molar-refractivity contribution is 8.02. The zero-order chi connectivity index (χ0) is 14.7. The first-order valence-corrected chi connectivity index (χ1v) is 8.28. The smallest absolute Gasteiger partial charge is 0.184 e. The van der Waals surface area contributed by atoms with Crippen LogP contribution in [-0.2, 0) is 14.2 Å². The van der Waals surface area contributed by atoms with E-state index in [0.717, 1.165) is 22.8 Å². The van der Waals surface area contributed by atoms with Crippen LogP contribution in [0.3, 0.4) is 0 Å². The van der Waals surface area contributed by atoms with Gasteiger partial charge < -0.3 is 19.3 Å². The molecule has 21 heavy (non-hydrogen) atoms. The number of rotatable bonds is 4. The standard InChI is InChI=1S/C16H20O4S/c1-2-8-21-14-9-12(17)15-13(19-14)10-18-16(20-15)11-6-4-3-5-7-11/h3-7,9,12-13,15-17H,2,8,10H2,1H3/t12-,13+,15-,16?/m0/s1. The first kappa shape index (κ1) is 14.9. The number of aliphatic hydroxyl groups excluding tert-OH is 1. The van der Waals surface area contributed by atoms with Gasteiger partial charge in [-0.3, -0.25) is 0 Å². The predicted octanol–water partition coefficient (Wildman–Crippen LogP) is 2.84. The van der Waals surface area contributed by atoms with Gasteiger partial charge in [-0.1, -0.05) is 49.0 Å². The highest BCUT2D eigenvalue weighted by Crippen LogP contribution is 2.35. The number of fused-ring (bicyclic) bond motifs is 1. The third kappa shape index (κ3) is 3.43. The molecule has 2 aliphatic rings. The molecule has 0 aliphatic carbocycles. The van der Waals surface area contributed by atoms with Gasteiger partial charge in [0.05, 0.1) is 6.61 Å². The molecule has 0 radical (unpaired) electrons. The van der Waals surface area contributed by atoms with E-state index in [-0.39, 0.29) is 12.2 Å². The summed E-state index contributed by atoms with van der Waals surface area (Å²) in [5, 5.41) is 11.1. The highest BCUT2D eigenvalue weighted by Gasteiger charge is 2.41. The van der Waals surface area contributed by atoms with Crippen molar-refractivity contribution in [3.63, 3.8) is 0 Å². The quantitative estimate of drug-likeness (QED) is 0.927. The molecular formula is C16H20O4S. The molecule has 2 aliphatic heterocycles. The van der Waals surface area contributed by atoms with E-state index in [1.54, 1.807) is 17.8 Å². The maximum atomic E-state index is 10.3. The largest absolute Gasteiger partial charge is 0.479 e. The van der Waals surface area contributed by atoms with Crippen molar-refractivity contribution in [2.24, 2.45) is 0 Å². The number of aliphatic hydroxyl groups is 1. The molecular weight excluding hydrogens is 288 g/mol. The number of benzene rings is 1. The fraction of sp³-hybridized carbons (Fsp3) is 0.500. The van der Waals surface area contributed by atoms with Crippen LogP contribution < -0.4 is 0 Å². The second kappa shape index (κ2) is 6.83. The number of hydrogen-bond acceptors (Lipinski definition) is 5. The summed E-state index contributed by atoms with van der Waals surface area (Å²) >= 11 is 1.62. The average Bonchev–Trinajstić information content (AvgIpc) is 2.53. The first-order valence-electron chi connectivity index (χ1n) is 7.29. The van der Waals surface area contributed by atoms with Gasteiger partial charge in [0.1, 0.15) is 12.2 Å². The van der Waals surface area contributed by atoms with Crippen molar-refractivity contribution in [3.05, 3.63) is 47.1 Å². The molecule has 1 fully saturated rings. The van der Waals surface area contributed by atoms with Crippen molar-refractivity contribution in [3.8, 4) is 0 Å². The van der Waals surface area contributed by atoms with Gasteiger partial charge in [-0.2, -0.15) is 0 Å². The fourth-order valence-corrected chi connectivity index (χ4v) is 3.27. The van der Waals surface area contributed by atoms with E-state index < -0.39 is 12.4 Å². The molecule has 0 aromatic heterocycles. The number of ether oxygens (including phenoxy) is 3. The average molecular weight is 308 g/mol. The molecule has 3 rings (SSSR count). The Balaban J connectivity index is 1.68. The fourth-order valence-electron chi connectivity index (χ4n) is 2.44. The van der Waals surface area contributed by atoms with Crippen LogP contribution >= 0.6 is 11.8 Å². The molecule has 1 N–H and O–H groups in total. The molecule has 5 heteroatoms. The van der Waals surface area contributed by atoms with Crippen molar-refractivity contribution in [2.45, 2.75) is 37.9 Å². The van der Waals surface area contributed by atoms with Crippen molar-refractivity contribution >= 4 is 11.8 Å². The maximum absolute atomic E-state index is 10.3. The lowest BCUT2D eigenvalue weighted by Crippen LogP contribution is -2.50. The molecule has 1 unspecified atom stereocenters. The normalized spacial score (nSPS) is 32.0. The Labute approximate surface area is 129 Å². The van der Waals surface area contributed by atoms with Crippen molar-refractivity contribution in [1.29, 1.82) is 0 Å². The van der Waals surface area contributed by atoms with E-state index in [4.69, 9.17) is 14.2 Å². The summed E-state index contributed by atoms with van der Waals surface area (Å²) in [4.78, 5) is 0. The van der Waals surface area contributed by atoms with E-state index in [1.165, 1.54) is 0 Å². The van der Waals surface area contributed by atoms with E-state index in [1.807, 2.05) is 30.3 Å². The van der Waals surface area contributed by atoms with Gasteiger partial charge in [0.25, 0.3) is 0 Å². The molecule has 114 valence electrons. The maximum Gasteiger partial charge on any atom is 0.184 e. The number of thioether (sulfide) groups is 1. The summed E-state index contributed by atoms with van der Waals surface area (Å²) < 4.78 is 17.5. The summed E-state index contributed by atoms with van der Waals surface area (Å²) in [5.74, 6) is 0.976. The monoisotopic (exact) mass is 308 g/mol. The Morgan fingerprint density at radius 2 is 2.10 bits per heavy atom. The zero-order valence-corrected chi connectivity index (χ0v) is 12.8. The minimum absolute atomic E-state index is 0.246. The molecule has 4 nitrogen and oxygen atoms in total. The third-order valence-corrected chi connectivity index (χ3v) is 4.62. The Morgan fingerprint density at radius 1 is 1.29 bits per heavy atom. The minimum atomic E-state index is -0.654. The summed E-state index contributed by atoms with van der Waals surface area (Å²) in [6.07, 6.45) is 1.09. The second-order valence-corrected chi connectivity index (χ2v) is 6.26. The molecule has 0 bridgehead atoms. The van der Waals surface area contributed by atoms with Gasteiger partial charge >= 0.3 is 0 Å². The predicted molar refractivity (Wildman–Crippen MR) is 81.7 cm³/mol. The molecule has 0 saturated carbocycles. The van der Waals surface area contributed by atoms with Crippen LogP contribution in [0.5, 0.6) is 0 Å². The second-order valence-electron chi connectivity index (χ2n) is 5.16. The lowest BCUT2D eigenvalue weighted by Gasteiger charge is -2.41. The molecule has 2 heterocycles. The van der Waals surface area contributed by atoms with E-state index in [9.17, 15) is 5.11 Å². The van der Waals surface area contributed by atoms with Gasteiger partial charge in [0, 0.05) is 11.3 Å². The Hall–Kier alpha value is -1.01. The zero-order valence-electron chi connectivity index (χ0n) is 12.0. The first-order chi connectivity index (χ1) is 10.3. The van der Waals surface area contributed by atoms with Gasteiger partial charge in [0.15, 0.2) is 17.5 Å². The van der Waals surface area contributed by atoms with Crippen LogP contribution in [0.2, 0.25) is 0 Å². The Bertz CT molecular complexity index is 490. The van der Waals surface area contributed by atoms with E-state index in [0.29, 0.717) is 6.61 Å². The molecule has 1 saturated heterocycles. The number of hydrogen-bond donors (Lipinski definition) is 1. The minimum Gasteiger partial charge on any atom is -0.479 e. The van der Waals surface area contributed by atoms with Gasteiger partial charge in [-0.05, 0) is 12.5 Å². The van der Waals surface area contributed by atoms with Crippen molar-refractivity contribution in [2.75, 3.05) is 12.4 Å². The van der Waals surface area contributed by atoms with Crippen molar-refractivity contribution in [1.82, 2.24) is 0 Å². The summed E-state index contributed by atoms with van der Waals surface area (Å²) in [6.45, 7) is 2.54. The third-order valence-electron chi connectivity index (χ3n) is 3.49. The van der Waals surface area contributed by atoms with Crippen LogP contribution in [0.1, 0.15) is 25.2 Å². The molecule has 0 amide bonds. The van der Waals surface area contributed by atoms with E-state index in [2.05, 4.69) is 6.92 Å². The molecule has 1 aromatic carbocycles. The summed E-state index contributed by atoms with van der Waals surface area (Å²) in [5.41, 5.74) is 0.957. The lowest BCUT2D eigenvalue weighted by molar-refractivity contribution is -0.277. The van der Waals surface area contributed by atoms with Crippen molar-refractivity contribution < 1.29 is 19.3 Å². The topological polar surface area (TPSA) is 47.9 Å².